The van der Waals surface area contributed by atoms with Gasteiger partial charge in [-0.25, -0.2) is 0 Å². The molecule has 1 saturated heterocycles. The molecule has 1 heterocycles. The van der Waals surface area contributed by atoms with Gasteiger partial charge in [-0.1, -0.05) is 31.5 Å². The molecule has 0 bridgehead atoms. The summed E-state index contributed by atoms with van der Waals surface area (Å²) in [7, 11) is 0. The van der Waals surface area contributed by atoms with Crippen molar-refractivity contribution in [2.24, 2.45) is 5.92 Å². The van der Waals surface area contributed by atoms with Crippen LogP contribution in [0.5, 0.6) is 0 Å². The van der Waals surface area contributed by atoms with Crippen LogP contribution in [0.2, 0.25) is 0 Å². The van der Waals surface area contributed by atoms with E-state index in [9.17, 15) is 14.9 Å². The summed E-state index contributed by atoms with van der Waals surface area (Å²) in [6.45, 7) is 8.58. The average molecular weight is 342 g/mol. The summed E-state index contributed by atoms with van der Waals surface area (Å²) >= 11 is 0. The van der Waals surface area contributed by atoms with E-state index < -0.39 is 0 Å². The summed E-state index contributed by atoms with van der Waals surface area (Å²) in [6, 6.07) is 9.48. The van der Waals surface area contributed by atoms with Crippen molar-refractivity contribution in [1.29, 1.82) is 5.26 Å². The largest absolute Gasteiger partial charge is 0.343 e. The summed E-state index contributed by atoms with van der Waals surface area (Å²) in [5.41, 5.74) is 1.64. The molecule has 6 heteroatoms. The molecule has 0 aliphatic carbocycles. The molecule has 1 aliphatic heterocycles. The zero-order valence-electron chi connectivity index (χ0n) is 15.2. The van der Waals surface area contributed by atoms with Gasteiger partial charge >= 0.3 is 0 Å². The third-order valence-corrected chi connectivity index (χ3v) is 4.54. The van der Waals surface area contributed by atoms with Crippen molar-refractivity contribution in [3.63, 3.8) is 0 Å². The zero-order valence-corrected chi connectivity index (χ0v) is 15.2. The van der Waals surface area contributed by atoms with E-state index in [0.717, 1.165) is 5.56 Å². The molecule has 1 N–H and O–H groups in total. The standard InChI is InChI=1S/C19H26N4O2/c1-14(2)17(12-20)22-8-10-23(11-9-22)18(24)13-21-19(25)16-6-4-15(3)5-7-16/h4-7,14,17H,8-11,13H2,1-3H3,(H,21,25). The topological polar surface area (TPSA) is 76.4 Å². The minimum absolute atomic E-state index is 0.00142. The predicted molar refractivity (Wildman–Crippen MR) is 95.9 cm³/mol. The van der Waals surface area contributed by atoms with Crippen molar-refractivity contribution in [2.45, 2.75) is 26.8 Å². The van der Waals surface area contributed by atoms with Crippen molar-refractivity contribution >= 4 is 11.8 Å². The monoisotopic (exact) mass is 342 g/mol. The van der Waals surface area contributed by atoms with Crippen LogP contribution < -0.4 is 5.32 Å². The molecular formula is C19H26N4O2. The number of nitrogens with zero attached hydrogens (tertiary/aromatic N) is 3. The van der Waals surface area contributed by atoms with Crippen LogP contribution in [0.25, 0.3) is 0 Å². The molecule has 0 spiro atoms. The maximum atomic E-state index is 12.3. The predicted octanol–water partition coefficient (Wildman–Crippen LogP) is 1.42. The highest BCUT2D eigenvalue weighted by Gasteiger charge is 2.27. The number of hydrogen-bond acceptors (Lipinski definition) is 4. The van der Waals surface area contributed by atoms with E-state index in [1.165, 1.54) is 0 Å². The number of carbonyl (C=O) groups is 2. The van der Waals surface area contributed by atoms with E-state index >= 15 is 0 Å². The van der Waals surface area contributed by atoms with Crippen LogP contribution in [-0.2, 0) is 4.79 Å². The Balaban J connectivity index is 1.80. The number of nitriles is 1. The number of aryl methyl sites for hydroxylation is 1. The maximum absolute atomic E-state index is 12.3. The van der Waals surface area contributed by atoms with Crippen molar-refractivity contribution < 1.29 is 9.59 Å². The summed E-state index contributed by atoms with van der Waals surface area (Å²) < 4.78 is 0. The molecule has 0 aromatic heterocycles. The summed E-state index contributed by atoms with van der Waals surface area (Å²) in [4.78, 5) is 28.2. The van der Waals surface area contributed by atoms with Crippen LogP contribution in [0.3, 0.4) is 0 Å². The molecular weight excluding hydrogens is 316 g/mol. The molecule has 0 saturated carbocycles. The van der Waals surface area contributed by atoms with E-state index in [1.807, 2.05) is 32.9 Å². The van der Waals surface area contributed by atoms with Gasteiger partial charge in [0.25, 0.3) is 5.91 Å². The molecule has 1 aromatic carbocycles. The van der Waals surface area contributed by atoms with Crippen LogP contribution in [-0.4, -0.2) is 60.4 Å². The first-order valence-corrected chi connectivity index (χ1v) is 8.68. The Morgan fingerprint density at radius 1 is 1.16 bits per heavy atom. The Kier molecular flexibility index (Phi) is 6.54. The summed E-state index contributed by atoms with van der Waals surface area (Å²) in [6.07, 6.45) is 0. The smallest absolute Gasteiger partial charge is 0.251 e. The normalized spacial score (nSPS) is 16.4. The van der Waals surface area contributed by atoms with Crippen molar-refractivity contribution in [2.75, 3.05) is 32.7 Å². The van der Waals surface area contributed by atoms with Crippen molar-refractivity contribution in [3.8, 4) is 6.07 Å². The zero-order chi connectivity index (χ0) is 18.4. The van der Waals surface area contributed by atoms with Gasteiger partial charge in [0.15, 0.2) is 0 Å². The van der Waals surface area contributed by atoms with E-state index in [-0.39, 0.29) is 30.3 Å². The van der Waals surface area contributed by atoms with Gasteiger partial charge < -0.3 is 10.2 Å². The molecule has 1 aliphatic rings. The number of hydrogen-bond donors (Lipinski definition) is 1. The lowest BCUT2D eigenvalue weighted by molar-refractivity contribution is -0.132. The van der Waals surface area contributed by atoms with Crippen molar-refractivity contribution in [1.82, 2.24) is 15.1 Å². The summed E-state index contributed by atoms with van der Waals surface area (Å²) in [5.74, 6) is -0.0597. The lowest BCUT2D eigenvalue weighted by atomic mass is 10.0. The molecule has 2 rings (SSSR count). The number of benzene rings is 1. The van der Waals surface area contributed by atoms with E-state index in [1.54, 1.807) is 17.0 Å². The Hall–Kier alpha value is -2.39. The van der Waals surface area contributed by atoms with E-state index in [4.69, 9.17) is 0 Å². The number of piperazine rings is 1. The third-order valence-electron chi connectivity index (χ3n) is 4.54. The van der Waals surface area contributed by atoms with Gasteiger partial charge in [-0.3, -0.25) is 14.5 Å². The first kappa shape index (κ1) is 18.9. The fourth-order valence-electron chi connectivity index (χ4n) is 2.98. The molecule has 1 unspecified atom stereocenters. The fraction of sp³-hybridized carbons (Fsp3) is 0.526. The van der Waals surface area contributed by atoms with Crippen molar-refractivity contribution in [3.05, 3.63) is 35.4 Å². The van der Waals surface area contributed by atoms with Crippen LogP contribution >= 0.6 is 0 Å². The Morgan fingerprint density at radius 2 is 1.76 bits per heavy atom. The first-order valence-electron chi connectivity index (χ1n) is 8.68. The average Bonchev–Trinajstić information content (AvgIpc) is 2.61. The Labute approximate surface area is 149 Å². The van der Waals surface area contributed by atoms with Gasteiger partial charge in [-0.05, 0) is 25.0 Å². The molecule has 1 fully saturated rings. The SMILES string of the molecule is Cc1ccc(C(=O)NCC(=O)N2CCN(C(C#N)C(C)C)CC2)cc1. The molecule has 0 radical (unpaired) electrons. The highest BCUT2D eigenvalue weighted by molar-refractivity contribution is 5.96. The quantitative estimate of drug-likeness (QED) is 0.878. The lowest BCUT2D eigenvalue weighted by Gasteiger charge is -2.38. The number of carbonyl (C=O) groups excluding carboxylic acids is 2. The molecule has 25 heavy (non-hydrogen) atoms. The first-order chi connectivity index (χ1) is 11.9. The molecule has 2 amide bonds. The number of nitrogens with one attached hydrogen (secondary N) is 1. The Morgan fingerprint density at radius 3 is 2.28 bits per heavy atom. The van der Waals surface area contributed by atoms with Crippen LogP contribution in [0, 0.1) is 24.2 Å². The molecule has 134 valence electrons. The van der Waals surface area contributed by atoms with Gasteiger partial charge in [0.1, 0.15) is 6.04 Å². The van der Waals surface area contributed by atoms with Crippen LogP contribution in [0.15, 0.2) is 24.3 Å². The van der Waals surface area contributed by atoms with Gasteiger partial charge in [-0.15, -0.1) is 0 Å². The van der Waals surface area contributed by atoms with Crippen LogP contribution in [0.1, 0.15) is 29.8 Å². The minimum atomic E-state index is -0.240. The second kappa shape index (κ2) is 8.63. The molecule has 1 aromatic rings. The minimum Gasteiger partial charge on any atom is -0.343 e. The molecule has 6 nitrogen and oxygen atoms in total. The highest BCUT2D eigenvalue weighted by Crippen LogP contribution is 2.13. The van der Waals surface area contributed by atoms with Gasteiger partial charge in [0.2, 0.25) is 5.91 Å². The number of rotatable bonds is 5. The van der Waals surface area contributed by atoms with E-state index in [0.29, 0.717) is 31.7 Å². The van der Waals surface area contributed by atoms with E-state index in [2.05, 4.69) is 16.3 Å². The number of amides is 2. The second-order valence-electron chi connectivity index (χ2n) is 6.78. The Bertz CT molecular complexity index is 640. The third kappa shape index (κ3) is 5.04. The lowest BCUT2D eigenvalue weighted by Crippen LogP contribution is -2.54. The second-order valence-corrected chi connectivity index (χ2v) is 6.78. The maximum Gasteiger partial charge on any atom is 0.251 e. The summed E-state index contributed by atoms with van der Waals surface area (Å²) in [5, 5.41) is 12.0. The van der Waals surface area contributed by atoms with Gasteiger partial charge in [0.05, 0.1) is 12.6 Å². The molecule has 1 atom stereocenters. The van der Waals surface area contributed by atoms with Gasteiger partial charge in [-0.2, -0.15) is 5.26 Å². The highest BCUT2D eigenvalue weighted by atomic mass is 16.2. The van der Waals surface area contributed by atoms with Gasteiger partial charge in [0, 0.05) is 31.7 Å². The van der Waals surface area contributed by atoms with Crippen LogP contribution in [0.4, 0.5) is 0 Å². The fourth-order valence-corrected chi connectivity index (χ4v) is 2.98.